The Hall–Kier alpha value is -1.52. The zero-order chi connectivity index (χ0) is 18.5. The predicted octanol–water partition coefficient (Wildman–Crippen LogP) is 4.85. The summed E-state index contributed by atoms with van der Waals surface area (Å²) in [7, 11) is 0. The van der Waals surface area contributed by atoms with Crippen LogP contribution in [0.4, 0.5) is 0 Å². The first-order chi connectivity index (χ1) is 12.4. The number of ether oxygens (including phenoxy) is 1. The average Bonchev–Trinajstić information content (AvgIpc) is 2.93. The molecule has 0 bridgehead atoms. The number of carbonyl (C=O) groups is 2. The normalized spacial score (nSPS) is 33.1. The van der Waals surface area contributed by atoms with Gasteiger partial charge in [-0.1, -0.05) is 24.6 Å². The number of halogens is 1. The molecule has 0 N–H and O–H groups in total. The van der Waals surface area contributed by atoms with Gasteiger partial charge in [-0.15, -0.1) is 11.8 Å². The van der Waals surface area contributed by atoms with Gasteiger partial charge in [-0.3, -0.25) is 9.59 Å². The van der Waals surface area contributed by atoms with Crippen LogP contribution in [0.2, 0.25) is 5.02 Å². The Labute approximate surface area is 162 Å². The van der Waals surface area contributed by atoms with Gasteiger partial charge < -0.3 is 4.74 Å². The second kappa shape index (κ2) is 6.58. The Bertz CT molecular complexity index is 826. The zero-order valence-corrected chi connectivity index (χ0v) is 16.4. The van der Waals surface area contributed by atoms with Gasteiger partial charge in [0.25, 0.3) is 0 Å². The van der Waals surface area contributed by atoms with E-state index in [0.29, 0.717) is 10.8 Å². The number of allylic oxidation sites excluding steroid dienone is 3. The molecular weight excluding hydrogens is 368 g/mol. The molecule has 0 unspecified atom stereocenters. The summed E-state index contributed by atoms with van der Waals surface area (Å²) < 4.78 is 5.82. The molecule has 1 aromatic rings. The number of hydrogen-bond donors (Lipinski definition) is 0. The lowest BCUT2D eigenvalue weighted by molar-refractivity contribution is -0.143. The van der Waals surface area contributed by atoms with Crippen molar-refractivity contribution < 1.29 is 14.3 Å². The van der Waals surface area contributed by atoms with E-state index in [0.717, 1.165) is 28.9 Å². The van der Waals surface area contributed by atoms with Crippen LogP contribution in [-0.4, -0.2) is 23.6 Å². The molecule has 0 aromatic heterocycles. The molecule has 4 atom stereocenters. The number of fused-ring (bicyclic) bond motifs is 3. The summed E-state index contributed by atoms with van der Waals surface area (Å²) >= 11 is 7.59. The van der Waals surface area contributed by atoms with Crippen molar-refractivity contribution in [3.63, 3.8) is 0 Å². The Balaban J connectivity index is 1.56. The van der Waals surface area contributed by atoms with Gasteiger partial charge in [0.15, 0.2) is 5.78 Å². The first-order valence-electron chi connectivity index (χ1n) is 8.93. The molecule has 1 saturated carbocycles. The smallest absolute Gasteiger partial charge is 0.310 e. The zero-order valence-electron chi connectivity index (χ0n) is 14.8. The molecule has 1 heterocycles. The quantitative estimate of drug-likeness (QED) is 0.548. The lowest BCUT2D eigenvalue weighted by atomic mass is 9.62. The largest absolute Gasteiger partial charge is 0.457 e. The molecule has 0 amide bonds. The fourth-order valence-electron chi connectivity index (χ4n) is 4.48. The minimum atomic E-state index is -0.258. The molecule has 3 nitrogen and oxygen atoms in total. The third-order valence-corrected chi connectivity index (χ3v) is 7.35. The van der Waals surface area contributed by atoms with Crippen LogP contribution in [-0.2, 0) is 14.3 Å². The molecule has 0 spiro atoms. The summed E-state index contributed by atoms with van der Waals surface area (Å²) in [6.07, 6.45) is 5.30. The number of thioether (sulfide) groups is 1. The van der Waals surface area contributed by atoms with Crippen LogP contribution < -0.4 is 0 Å². The third kappa shape index (κ3) is 2.93. The molecule has 1 saturated heterocycles. The van der Waals surface area contributed by atoms with Crippen molar-refractivity contribution in [3.05, 3.63) is 52.6 Å². The van der Waals surface area contributed by atoms with Gasteiger partial charge in [-0.05, 0) is 55.7 Å². The fraction of sp³-hybridized carbons (Fsp3) is 0.429. The van der Waals surface area contributed by atoms with Crippen molar-refractivity contribution in [2.75, 3.05) is 5.75 Å². The van der Waals surface area contributed by atoms with E-state index in [1.807, 2.05) is 37.3 Å². The standard InChI is InChI=1S/C21H21ClO3S/c1-12-17(23)8-10-21(2)9-7-15-16(20(24)25-19(15)18(12)21)11-26-14-5-3-13(22)4-6-14/h3-6,8,10,15-16,19H,7,9,11H2,1-2H3/t15-,16-,19-,21-/m0/s1. The molecule has 1 aliphatic heterocycles. The molecule has 3 aliphatic rings. The van der Waals surface area contributed by atoms with E-state index in [2.05, 4.69) is 6.92 Å². The number of hydrogen-bond acceptors (Lipinski definition) is 4. The van der Waals surface area contributed by atoms with Crippen LogP contribution in [0.5, 0.6) is 0 Å². The van der Waals surface area contributed by atoms with Gasteiger partial charge in [0.1, 0.15) is 6.10 Å². The highest BCUT2D eigenvalue weighted by Crippen LogP contribution is 2.53. The highest BCUT2D eigenvalue weighted by atomic mass is 35.5. The van der Waals surface area contributed by atoms with Gasteiger partial charge in [0.05, 0.1) is 5.92 Å². The van der Waals surface area contributed by atoms with Crippen LogP contribution in [0.25, 0.3) is 0 Å². The monoisotopic (exact) mass is 388 g/mol. The number of benzene rings is 1. The van der Waals surface area contributed by atoms with Crippen molar-refractivity contribution in [3.8, 4) is 0 Å². The maximum absolute atomic E-state index is 12.6. The first kappa shape index (κ1) is 17.9. The summed E-state index contributed by atoms with van der Waals surface area (Å²) in [5.74, 6) is 0.612. The van der Waals surface area contributed by atoms with Crippen molar-refractivity contribution in [2.24, 2.45) is 17.3 Å². The molecule has 136 valence electrons. The summed E-state index contributed by atoms with van der Waals surface area (Å²) in [4.78, 5) is 25.9. The van der Waals surface area contributed by atoms with E-state index in [-0.39, 0.29) is 35.1 Å². The van der Waals surface area contributed by atoms with E-state index in [4.69, 9.17) is 16.3 Å². The first-order valence-corrected chi connectivity index (χ1v) is 10.3. The second-order valence-corrected chi connectivity index (χ2v) is 9.12. The number of ketones is 1. The minimum absolute atomic E-state index is 0.0353. The predicted molar refractivity (Wildman–Crippen MR) is 103 cm³/mol. The molecule has 2 fully saturated rings. The van der Waals surface area contributed by atoms with E-state index in [1.165, 1.54) is 0 Å². The van der Waals surface area contributed by atoms with Crippen LogP contribution in [0.3, 0.4) is 0 Å². The van der Waals surface area contributed by atoms with Crippen LogP contribution in [0.15, 0.2) is 52.5 Å². The highest BCUT2D eigenvalue weighted by Gasteiger charge is 2.54. The third-order valence-electron chi connectivity index (χ3n) is 5.97. The van der Waals surface area contributed by atoms with Crippen molar-refractivity contribution in [1.82, 2.24) is 0 Å². The van der Waals surface area contributed by atoms with Crippen molar-refractivity contribution in [1.29, 1.82) is 0 Å². The summed E-state index contributed by atoms with van der Waals surface area (Å²) in [6, 6.07) is 7.67. The molecule has 0 radical (unpaired) electrons. The highest BCUT2D eigenvalue weighted by molar-refractivity contribution is 7.99. The van der Waals surface area contributed by atoms with E-state index < -0.39 is 0 Å². The van der Waals surface area contributed by atoms with Crippen molar-refractivity contribution >= 4 is 35.1 Å². The summed E-state index contributed by atoms with van der Waals surface area (Å²) in [6.45, 7) is 4.01. The summed E-state index contributed by atoms with van der Waals surface area (Å²) in [5, 5.41) is 0.707. The van der Waals surface area contributed by atoms with Gasteiger partial charge in [0.2, 0.25) is 0 Å². The Morgan fingerprint density at radius 3 is 2.73 bits per heavy atom. The fourth-order valence-corrected chi connectivity index (χ4v) is 5.69. The van der Waals surface area contributed by atoms with Crippen LogP contribution in [0, 0.1) is 17.3 Å². The number of carbonyl (C=O) groups excluding carboxylic acids is 2. The number of esters is 1. The van der Waals surface area contributed by atoms with Crippen LogP contribution in [0.1, 0.15) is 26.7 Å². The Morgan fingerprint density at radius 2 is 2.00 bits per heavy atom. The Morgan fingerprint density at radius 1 is 1.27 bits per heavy atom. The van der Waals surface area contributed by atoms with Gasteiger partial charge in [-0.2, -0.15) is 0 Å². The molecule has 5 heteroatoms. The summed E-state index contributed by atoms with van der Waals surface area (Å²) in [5.41, 5.74) is 1.61. The molecule has 4 rings (SSSR count). The Kier molecular flexibility index (Phi) is 4.52. The van der Waals surface area contributed by atoms with Gasteiger partial charge >= 0.3 is 5.97 Å². The van der Waals surface area contributed by atoms with E-state index in [9.17, 15) is 9.59 Å². The van der Waals surface area contributed by atoms with E-state index >= 15 is 0 Å². The SMILES string of the molecule is CC1=C2[C@H]3OC(=O)[C@@H](CSc4ccc(Cl)cc4)[C@@H]3CC[C@@]2(C)C=CC1=O. The average molecular weight is 389 g/mol. The van der Waals surface area contributed by atoms with Crippen molar-refractivity contribution in [2.45, 2.75) is 37.7 Å². The molecule has 2 aliphatic carbocycles. The lowest BCUT2D eigenvalue weighted by Crippen LogP contribution is -2.40. The topological polar surface area (TPSA) is 43.4 Å². The minimum Gasteiger partial charge on any atom is -0.457 e. The number of rotatable bonds is 3. The molecule has 26 heavy (non-hydrogen) atoms. The van der Waals surface area contributed by atoms with E-state index in [1.54, 1.807) is 17.8 Å². The van der Waals surface area contributed by atoms with Gasteiger partial charge in [-0.25, -0.2) is 0 Å². The second-order valence-electron chi connectivity index (χ2n) is 7.59. The maximum Gasteiger partial charge on any atom is 0.310 e. The van der Waals surface area contributed by atoms with Gasteiger partial charge in [0, 0.05) is 32.6 Å². The maximum atomic E-state index is 12.6. The van der Waals surface area contributed by atoms with Crippen LogP contribution >= 0.6 is 23.4 Å². The molecule has 1 aromatic carbocycles. The molecular formula is C21H21ClO3S. The lowest BCUT2D eigenvalue weighted by Gasteiger charge is -2.43.